The number of ether oxygens (including phenoxy) is 2. The molecule has 1 aliphatic heterocycles. The number of nitrogens with one attached hydrogen (secondary N) is 1. The highest BCUT2D eigenvalue weighted by atomic mass is 35.5. The number of benzene rings is 1. The van der Waals surface area contributed by atoms with Crippen LogP contribution in [-0.2, 0) is 19.1 Å². The molecule has 1 fully saturated rings. The predicted octanol–water partition coefficient (Wildman–Crippen LogP) is 2.39. The van der Waals surface area contributed by atoms with Crippen LogP contribution < -0.4 is 5.32 Å². The third kappa shape index (κ3) is 3.95. The Kier molecular flexibility index (Phi) is 4.98. The van der Waals surface area contributed by atoms with Crippen LogP contribution in [0.25, 0.3) is 0 Å². The second-order valence-electron chi connectivity index (χ2n) is 4.58. The second-order valence-corrected chi connectivity index (χ2v) is 5.02. The quantitative estimate of drug-likeness (QED) is 0.867. The Labute approximate surface area is 122 Å². The van der Waals surface area contributed by atoms with E-state index in [4.69, 9.17) is 21.1 Å². The summed E-state index contributed by atoms with van der Waals surface area (Å²) in [6.07, 6.45) is 0.0479. The average molecular weight is 298 g/mol. The summed E-state index contributed by atoms with van der Waals surface area (Å²) >= 11 is 5.83. The van der Waals surface area contributed by atoms with Crippen LogP contribution >= 0.6 is 11.6 Å². The van der Waals surface area contributed by atoms with Crippen molar-refractivity contribution in [2.75, 3.05) is 11.9 Å². The number of anilines is 1. The molecule has 1 aliphatic rings. The van der Waals surface area contributed by atoms with Gasteiger partial charge in [0.1, 0.15) is 0 Å². The number of halogens is 1. The van der Waals surface area contributed by atoms with Crippen molar-refractivity contribution in [2.24, 2.45) is 0 Å². The van der Waals surface area contributed by atoms with E-state index in [0.29, 0.717) is 23.7 Å². The Balaban J connectivity index is 1.86. The van der Waals surface area contributed by atoms with E-state index < -0.39 is 24.1 Å². The Morgan fingerprint density at radius 3 is 2.95 bits per heavy atom. The second kappa shape index (κ2) is 6.72. The van der Waals surface area contributed by atoms with Crippen LogP contribution in [0.4, 0.5) is 5.69 Å². The summed E-state index contributed by atoms with van der Waals surface area (Å²) in [6, 6.07) is 6.76. The third-order valence-corrected chi connectivity index (χ3v) is 3.18. The summed E-state index contributed by atoms with van der Waals surface area (Å²) in [4.78, 5) is 23.6. The molecule has 0 unspecified atom stereocenters. The lowest BCUT2D eigenvalue weighted by atomic mass is 10.2. The molecule has 0 bridgehead atoms. The van der Waals surface area contributed by atoms with Gasteiger partial charge in [-0.3, -0.25) is 4.79 Å². The summed E-state index contributed by atoms with van der Waals surface area (Å²) in [5.41, 5.74) is 0.558. The van der Waals surface area contributed by atoms with Crippen molar-refractivity contribution < 1.29 is 19.1 Å². The van der Waals surface area contributed by atoms with Crippen molar-refractivity contribution in [3.63, 3.8) is 0 Å². The molecular formula is C14H16ClNO4. The molecule has 1 amide bonds. The van der Waals surface area contributed by atoms with E-state index in [-0.39, 0.29) is 0 Å². The molecule has 2 rings (SSSR count). The zero-order chi connectivity index (χ0) is 14.5. The number of carbonyl (C=O) groups is 2. The van der Waals surface area contributed by atoms with Crippen LogP contribution in [0.3, 0.4) is 0 Å². The fourth-order valence-electron chi connectivity index (χ4n) is 1.88. The van der Waals surface area contributed by atoms with Crippen LogP contribution in [0.1, 0.15) is 19.8 Å². The van der Waals surface area contributed by atoms with Crippen molar-refractivity contribution in [1.29, 1.82) is 0 Å². The average Bonchev–Trinajstić information content (AvgIpc) is 2.92. The maximum Gasteiger partial charge on any atom is 0.336 e. The first-order chi connectivity index (χ1) is 9.56. The van der Waals surface area contributed by atoms with Gasteiger partial charge in [0, 0.05) is 17.3 Å². The monoisotopic (exact) mass is 297 g/mol. The van der Waals surface area contributed by atoms with E-state index in [9.17, 15) is 9.59 Å². The van der Waals surface area contributed by atoms with E-state index in [1.807, 2.05) is 0 Å². The zero-order valence-corrected chi connectivity index (χ0v) is 11.9. The standard InChI is InChI=1S/C14H16ClNO4/c1-9(20-14(18)12-6-3-7-19-12)13(17)16-11-5-2-4-10(15)8-11/h2,4-5,8-9,12H,3,6-7H2,1H3,(H,16,17)/t9-,12-/m0/s1. The number of amides is 1. The minimum Gasteiger partial charge on any atom is -0.451 e. The van der Waals surface area contributed by atoms with Crippen LogP contribution in [0.5, 0.6) is 0 Å². The van der Waals surface area contributed by atoms with E-state index in [0.717, 1.165) is 6.42 Å². The van der Waals surface area contributed by atoms with E-state index in [1.54, 1.807) is 24.3 Å². The first kappa shape index (κ1) is 14.8. The molecule has 0 saturated carbocycles. The minimum atomic E-state index is -0.884. The topological polar surface area (TPSA) is 64.6 Å². The molecule has 6 heteroatoms. The highest BCUT2D eigenvalue weighted by molar-refractivity contribution is 6.30. The van der Waals surface area contributed by atoms with Gasteiger partial charge >= 0.3 is 5.97 Å². The Morgan fingerprint density at radius 2 is 2.30 bits per heavy atom. The SMILES string of the molecule is C[C@H](OC(=O)[C@@H]1CCCO1)C(=O)Nc1cccc(Cl)c1. The molecule has 2 atom stereocenters. The van der Waals surface area contributed by atoms with Gasteiger partial charge in [0.25, 0.3) is 5.91 Å². The highest BCUT2D eigenvalue weighted by Gasteiger charge is 2.28. The molecule has 1 N–H and O–H groups in total. The van der Waals surface area contributed by atoms with Crippen molar-refractivity contribution in [3.05, 3.63) is 29.3 Å². The molecule has 1 aromatic carbocycles. The van der Waals surface area contributed by atoms with Gasteiger partial charge in [-0.05, 0) is 38.0 Å². The van der Waals surface area contributed by atoms with Crippen molar-refractivity contribution in [1.82, 2.24) is 0 Å². The van der Waals surface area contributed by atoms with E-state index >= 15 is 0 Å². The van der Waals surface area contributed by atoms with E-state index in [1.165, 1.54) is 6.92 Å². The molecule has 1 heterocycles. The summed E-state index contributed by atoms with van der Waals surface area (Å²) < 4.78 is 10.3. The highest BCUT2D eigenvalue weighted by Crippen LogP contribution is 2.16. The number of carbonyl (C=O) groups excluding carboxylic acids is 2. The Hall–Kier alpha value is -1.59. The van der Waals surface area contributed by atoms with Gasteiger partial charge in [-0.1, -0.05) is 17.7 Å². The van der Waals surface area contributed by atoms with Crippen LogP contribution in [0, 0.1) is 0 Å². The van der Waals surface area contributed by atoms with Gasteiger partial charge in [-0.2, -0.15) is 0 Å². The van der Waals surface area contributed by atoms with Gasteiger partial charge in [-0.15, -0.1) is 0 Å². The Bertz CT molecular complexity index is 500. The predicted molar refractivity (Wildman–Crippen MR) is 74.6 cm³/mol. The van der Waals surface area contributed by atoms with Crippen LogP contribution in [0.2, 0.25) is 5.02 Å². The lowest BCUT2D eigenvalue weighted by molar-refractivity contribution is -0.162. The van der Waals surface area contributed by atoms with Gasteiger partial charge in [0.2, 0.25) is 0 Å². The molecule has 1 saturated heterocycles. The molecule has 0 aliphatic carbocycles. The first-order valence-corrected chi connectivity index (χ1v) is 6.82. The number of esters is 1. The van der Waals surface area contributed by atoms with Gasteiger partial charge in [0.05, 0.1) is 0 Å². The third-order valence-electron chi connectivity index (χ3n) is 2.95. The molecule has 0 aromatic heterocycles. The van der Waals surface area contributed by atoms with Crippen LogP contribution in [-0.4, -0.2) is 30.7 Å². The first-order valence-electron chi connectivity index (χ1n) is 6.45. The molecule has 5 nitrogen and oxygen atoms in total. The zero-order valence-electron chi connectivity index (χ0n) is 11.1. The maximum absolute atomic E-state index is 11.9. The maximum atomic E-state index is 11.9. The molecular weight excluding hydrogens is 282 g/mol. The van der Waals surface area contributed by atoms with Gasteiger partial charge in [0.15, 0.2) is 12.2 Å². The fraction of sp³-hybridized carbons (Fsp3) is 0.429. The minimum absolute atomic E-state index is 0.404. The van der Waals surface area contributed by atoms with Crippen molar-refractivity contribution >= 4 is 29.2 Å². The summed E-state index contributed by atoms with van der Waals surface area (Å²) in [5.74, 6) is -0.894. The Morgan fingerprint density at radius 1 is 1.50 bits per heavy atom. The van der Waals surface area contributed by atoms with Gasteiger partial charge in [-0.25, -0.2) is 4.79 Å². The van der Waals surface area contributed by atoms with Gasteiger partial charge < -0.3 is 14.8 Å². The normalized spacial score (nSPS) is 19.4. The number of hydrogen-bond acceptors (Lipinski definition) is 4. The fourth-order valence-corrected chi connectivity index (χ4v) is 2.07. The molecule has 108 valence electrons. The summed E-state index contributed by atoms with van der Waals surface area (Å²) in [7, 11) is 0. The number of hydrogen-bond donors (Lipinski definition) is 1. The number of rotatable bonds is 4. The van der Waals surface area contributed by atoms with Crippen LogP contribution in [0.15, 0.2) is 24.3 Å². The van der Waals surface area contributed by atoms with Crippen molar-refractivity contribution in [2.45, 2.75) is 32.0 Å². The molecule has 0 radical (unpaired) electrons. The summed E-state index contributed by atoms with van der Waals surface area (Å²) in [6.45, 7) is 2.08. The smallest absolute Gasteiger partial charge is 0.336 e. The van der Waals surface area contributed by atoms with Crippen molar-refractivity contribution in [3.8, 4) is 0 Å². The molecule has 1 aromatic rings. The lowest BCUT2D eigenvalue weighted by Gasteiger charge is -2.16. The van der Waals surface area contributed by atoms with E-state index in [2.05, 4.69) is 5.32 Å². The molecule has 0 spiro atoms. The molecule has 20 heavy (non-hydrogen) atoms. The summed E-state index contributed by atoms with van der Waals surface area (Å²) in [5, 5.41) is 3.16. The largest absolute Gasteiger partial charge is 0.451 e. The lowest BCUT2D eigenvalue weighted by Crippen LogP contribution is -2.33.